The zero-order valence-corrected chi connectivity index (χ0v) is 21.3. The van der Waals surface area contributed by atoms with E-state index in [1.165, 1.54) is 4.31 Å². The fraction of sp³-hybridized carbons (Fsp3) is 0.222. The molecule has 184 valence electrons. The number of fused-ring (bicyclic) bond motifs is 1. The Labute approximate surface area is 215 Å². The van der Waals surface area contributed by atoms with E-state index in [1.54, 1.807) is 49.5 Å². The van der Waals surface area contributed by atoms with Crippen molar-refractivity contribution < 1.29 is 13.2 Å². The molecular weight excluding hydrogens is 496 g/mol. The Morgan fingerprint density at radius 3 is 2.69 bits per heavy atom. The molecule has 0 atom stereocenters. The summed E-state index contributed by atoms with van der Waals surface area (Å²) in [6, 6.07) is 18.0. The summed E-state index contributed by atoms with van der Waals surface area (Å²) in [6.45, 7) is 2.26. The van der Waals surface area contributed by atoms with Crippen LogP contribution in [0.3, 0.4) is 0 Å². The summed E-state index contributed by atoms with van der Waals surface area (Å²) < 4.78 is 26.8. The molecule has 1 amide bonds. The van der Waals surface area contributed by atoms with E-state index in [1.807, 2.05) is 24.3 Å². The third-order valence-corrected chi connectivity index (χ3v) is 8.50. The van der Waals surface area contributed by atoms with Crippen LogP contribution in [0.25, 0.3) is 22.3 Å². The number of hydrogen-bond acceptors (Lipinski definition) is 5. The summed E-state index contributed by atoms with van der Waals surface area (Å²) in [7, 11) is -3.35. The largest absolute Gasteiger partial charge is 0.322 e. The first kappa shape index (κ1) is 24.2. The standard InChI is InChI=1S/C27H25ClN4O3S/c1-18-15-21(32-13-5-2-6-14-36(32,34)35)10-11-22(18)27(33)30-20-9-12-24(28)23(16-20)26-29-17-19-7-3-4-8-25(19)31-26/h3-4,7-12,15-17H,2,5-6,13-14H2,1H3,(H,30,33). The van der Waals surface area contributed by atoms with Gasteiger partial charge in [-0.1, -0.05) is 36.2 Å². The second-order valence-electron chi connectivity index (χ2n) is 8.85. The van der Waals surface area contributed by atoms with Crippen molar-refractivity contribution in [3.05, 3.63) is 83.0 Å². The molecule has 0 saturated carbocycles. The maximum absolute atomic E-state index is 13.1. The topological polar surface area (TPSA) is 92.3 Å². The summed E-state index contributed by atoms with van der Waals surface area (Å²) in [5, 5.41) is 4.31. The molecule has 2 heterocycles. The zero-order valence-electron chi connectivity index (χ0n) is 19.7. The third-order valence-electron chi connectivity index (χ3n) is 6.30. The number of halogens is 1. The van der Waals surface area contributed by atoms with Crippen molar-refractivity contribution in [2.24, 2.45) is 0 Å². The number of carbonyl (C=O) groups excluding carboxylic acids is 1. The number of aryl methyl sites for hydroxylation is 1. The number of sulfonamides is 1. The molecule has 0 spiro atoms. The van der Waals surface area contributed by atoms with E-state index in [0.29, 0.717) is 51.9 Å². The van der Waals surface area contributed by atoms with Gasteiger partial charge >= 0.3 is 0 Å². The van der Waals surface area contributed by atoms with Gasteiger partial charge in [-0.25, -0.2) is 18.4 Å². The molecule has 1 fully saturated rings. The molecular formula is C27H25ClN4O3S. The van der Waals surface area contributed by atoms with Crippen LogP contribution in [0.4, 0.5) is 11.4 Å². The van der Waals surface area contributed by atoms with Gasteiger partial charge in [0.1, 0.15) is 0 Å². The normalized spacial score (nSPS) is 15.4. The number of rotatable bonds is 4. The Morgan fingerprint density at radius 1 is 1.03 bits per heavy atom. The highest BCUT2D eigenvalue weighted by Crippen LogP contribution is 2.30. The average Bonchev–Trinajstić information content (AvgIpc) is 3.04. The van der Waals surface area contributed by atoms with E-state index < -0.39 is 10.0 Å². The summed E-state index contributed by atoms with van der Waals surface area (Å²) in [4.78, 5) is 22.2. The molecule has 1 N–H and O–H groups in total. The number of carbonyl (C=O) groups is 1. The maximum Gasteiger partial charge on any atom is 0.255 e. The molecule has 1 saturated heterocycles. The van der Waals surface area contributed by atoms with Gasteiger partial charge in [0.25, 0.3) is 5.91 Å². The van der Waals surface area contributed by atoms with Crippen LogP contribution >= 0.6 is 11.6 Å². The molecule has 0 bridgehead atoms. The Hall–Kier alpha value is -3.49. The molecule has 9 heteroatoms. The minimum absolute atomic E-state index is 0.147. The lowest BCUT2D eigenvalue weighted by Gasteiger charge is -2.23. The van der Waals surface area contributed by atoms with E-state index in [-0.39, 0.29) is 11.7 Å². The zero-order chi connectivity index (χ0) is 25.3. The smallest absolute Gasteiger partial charge is 0.255 e. The van der Waals surface area contributed by atoms with Gasteiger partial charge in [0.2, 0.25) is 10.0 Å². The van der Waals surface area contributed by atoms with Gasteiger partial charge in [-0.15, -0.1) is 0 Å². The summed E-state index contributed by atoms with van der Waals surface area (Å²) in [5.41, 5.74) is 3.71. The Kier molecular flexibility index (Phi) is 6.64. The molecule has 36 heavy (non-hydrogen) atoms. The molecule has 1 aliphatic heterocycles. The number of amides is 1. The fourth-order valence-electron chi connectivity index (χ4n) is 4.39. The van der Waals surface area contributed by atoms with Crippen LogP contribution in [0.2, 0.25) is 5.02 Å². The monoisotopic (exact) mass is 520 g/mol. The van der Waals surface area contributed by atoms with Gasteiger partial charge in [-0.2, -0.15) is 0 Å². The highest BCUT2D eigenvalue weighted by atomic mass is 35.5. The van der Waals surface area contributed by atoms with Crippen molar-refractivity contribution in [2.75, 3.05) is 21.9 Å². The molecule has 3 aromatic carbocycles. The van der Waals surface area contributed by atoms with E-state index in [2.05, 4.69) is 15.3 Å². The van der Waals surface area contributed by atoms with Crippen molar-refractivity contribution in [3.63, 3.8) is 0 Å². The quantitative estimate of drug-likeness (QED) is 0.365. The van der Waals surface area contributed by atoms with Crippen LogP contribution in [0.15, 0.2) is 66.9 Å². The van der Waals surface area contributed by atoms with Gasteiger partial charge in [0, 0.05) is 34.9 Å². The van der Waals surface area contributed by atoms with Crippen LogP contribution in [0, 0.1) is 6.92 Å². The number of nitrogens with zero attached hydrogens (tertiary/aromatic N) is 3. The lowest BCUT2D eigenvalue weighted by atomic mass is 10.1. The predicted octanol–water partition coefficient (Wildman–Crippen LogP) is 5.83. The van der Waals surface area contributed by atoms with Crippen molar-refractivity contribution in [3.8, 4) is 11.4 Å². The van der Waals surface area contributed by atoms with Crippen LogP contribution < -0.4 is 9.62 Å². The van der Waals surface area contributed by atoms with Crippen molar-refractivity contribution in [1.82, 2.24) is 9.97 Å². The molecule has 1 aromatic heterocycles. The van der Waals surface area contributed by atoms with E-state index in [4.69, 9.17) is 11.6 Å². The summed E-state index contributed by atoms with van der Waals surface area (Å²) >= 11 is 6.44. The minimum atomic E-state index is -3.35. The fourth-order valence-corrected chi connectivity index (χ4v) is 6.22. The minimum Gasteiger partial charge on any atom is -0.322 e. The van der Waals surface area contributed by atoms with Crippen LogP contribution in [0.1, 0.15) is 35.2 Å². The van der Waals surface area contributed by atoms with Gasteiger partial charge in [-0.3, -0.25) is 9.10 Å². The molecule has 1 aliphatic rings. The van der Waals surface area contributed by atoms with Gasteiger partial charge in [0.05, 0.1) is 22.0 Å². The highest BCUT2D eigenvalue weighted by Gasteiger charge is 2.25. The Bertz CT molecular complexity index is 1570. The third kappa shape index (κ3) is 4.92. The molecule has 7 nitrogen and oxygen atoms in total. The van der Waals surface area contributed by atoms with Crippen molar-refractivity contribution >= 4 is 49.8 Å². The number of hydrogen-bond donors (Lipinski definition) is 1. The first-order chi connectivity index (χ1) is 17.3. The number of benzene rings is 3. The van der Waals surface area contributed by atoms with E-state index in [9.17, 15) is 13.2 Å². The maximum atomic E-state index is 13.1. The van der Waals surface area contributed by atoms with Crippen molar-refractivity contribution in [2.45, 2.75) is 26.2 Å². The van der Waals surface area contributed by atoms with Crippen LogP contribution in [-0.2, 0) is 10.0 Å². The molecule has 5 rings (SSSR count). The Balaban J connectivity index is 1.39. The number of anilines is 2. The first-order valence-corrected chi connectivity index (χ1v) is 13.7. The number of para-hydroxylation sites is 1. The number of aromatic nitrogens is 2. The van der Waals surface area contributed by atoms with Gasteiger partial charge in [0.15, 0.2) is 5.82 Å². The van der Waals surface area contributed by atoms with Gasteiger partial charge in [-0.05, 0) is 67.8 Å². The SMILES string of the molecule is Cc1cc(N2CCCCCS2(=O)=O)ccc1C(=O)Nc1ccc(Cl)c(-c2ncc3ccccc3n2)c1. The average molecular weight is 521 g/mol. The van der Waals surface area contributed by atoms with E-state index in [0.717, 1.165) is 23.7 Å². The highest BCUT2D eigenvalue weighted by molar-refractivity contribution is 7.92. The van der Waals surface area contributed by atoms with Crippen molar-refractivity contribution in [1.29, 1.82) is 0 Å². The van der Waals surface area contributed by atoms with Crippen LogP contribution in [0.5, 0.6) is 0 Å². The Morgan fingerprint density at radius 2 is 1.86 bits per heavy atom. The predicted molar refractivity (Wildman–Crippen MR) is 144 cm³/mol. The second-order valence-corrected chi connectivity index (χ2v) is 11.3. The molecule has 4 aromatic rings. The lowest BCUT2D eigenvalue weighted by Crippen LogP contribution is -2.32. The first-order valence-electron chi connectivity index (χ1n) is 11.8. The molecule has 0 radical (unpaired) electrons. The van der Waals surface area contributed by atoms with E-state index >= 15 is 0 Å². The van der Waals surface area contributed by atoms with Gasteiger partial charge < -0.3 is 5.32 Å². The lowest BCUT2D eigenvalue weighted by molar-refractivity contribution is 0.102. The summed E-state index contributed by atoms with van der Waals surface area (Å²) in [5.74, 6) is 0.313. The molecule has 0 aliphatic carbocycles. The molecule has 0 unspecified atom stereocenters. The van der Waals surface area contributed by atoms with Crippen LogP contribution in [-0.4, -0.2) is 36.6 Å². The number of nitrogens with one attached hydrogen (secondary N) is 1. The second kappa shape index (κ2) is 9.87. The summed E-state index contributed by atoms with van der Waals surface area (Å²) in [6.07, 6.45) is 4.13.